The van der Waals surface area contributed by atoms with Crippen LogP contribution in [0, 0.1) is 12.7 Å². The van der Waals surface area contributed by atoms with E-state index in [-0.39, 0.29) is 11.6 Å². The van der Waals surface area contributed by atoms with E-state index < -0.39 is 0 Å². The summed E-state index contributed by atoms with van der Waals surface area (Å²) in [5, 5.41) is 0. The predicted octanol–water partition coefficient (Wildman–Crippen LogP) is 4.48. The van der Waals surface area contributed by atoms with Gasteiger partial charge < -0.3 is 4.74 Å². The summed E-state index contributed by atoms with van der Waals surface area (Å²) in [6.07, 6.45) is 0. The van der Waals surface area contributed by atoms with Crippen LogP contribution in [-0.2, 0) is 6.61 Å². The molecule has 2 aromatic rings. The van der Waals surface area contributed by atoms with E-state index in [0.29, 0.717) is 6.61 Å². The van der Waals surface area contributed by atoms with Crippen molar-refractivity contribution in [2.24, 2.45) is 0 Å². The maximum Gasteiger partial charge on any atom is 0.165 e. The highest BCUT2D eigenvalue weighted by atomic mass is 79.9. The average molecular weight is 295 g/mol. The van der Waals surface area contributed by atoms with E-state index in [1.54, 1.807) is 18.2 Å². The third kappa shape index (κ3) is 3.07. The molecular formula is C14H12BrFO. The summed E-state index contributed by atoms with van der Waals surface area (Å²) in [6.45, 7) is 2.38. The first kappa shape index (κ1) is 12.1. The molecule has 0 bridgehead atoms. The molecule has 17 heavy (non-hydrogen) atoms. The lowest BCUT2D eigenvalue weighted by atomic mass is 10.2. The summed E-state index contributed by atoms with van der Waals surface area (Å²) < 4.78 is 19.8. The van der Waals surface area contributed by atoms with Gasteiger partial charge in [0, 0.05) is 4.47 Å². The Hall–Kier alpha value is -1.35. The number of hydrogen-bond acceptors (Lipinski definition) is 1. The van der Waals surface area contributed by atoms with Crippen LogP contribution >= 0.6 is 15.9 Å². The molecule has 0 spiro atoms. The molecular weight excluding hydrogens is 283 g/mol. The highest BCUT2D eigenvalue weighted by Gasteiger charge is 2.03. The smallest absolute Gasteiger partial charge is 0.165 e. The third-order valence-electron chi connectivity index (χ3n) is 2.47. The quantitative estimate of drug-likeness (QED) is 0.811. The van der Waals surface area contributed by atoms with Gasteiger partial charge in [-0.2, -0.15) is 0 Å². The molecule has 0 radical (unpaired) electrons. The van der Waals surface area contributed by atoms with E-state index in [1.807, 2.05) is 25.1 Å². The molecule has 2 rings (SSSR count). The first-order valence-corrected chi connectivity index (χ1v) is 6.08. The molecule has 0 aliphatic heterocycles. The zero-order valence-corrected chi connectivity index (χ0v) is 11.0. The van der Waals surface area contributed by atoms with E-state index >= 15 is 0 Å². The summed E-state index contributed by atoms with van der Waals surface area (Å²) in [6, 6.07) is 12.4. The van der Waals surface area contributed by atoms with Crippen LogP contribution in [0.5, 0.6) is 5.75 Å². The number of rotatable bonds is 3. The number of benzene rings is 2. The minimum absolute atomic E-state index is 0.282. The molecule has 0 aromatic heterocycles. The maximum atomic E-state index is 13.3. The fourth-order valence-electron chi connectivity index (χ4n) is 1.45. The van der Waals surface area contributed by atoms with E-state index in [2.05, 4.69) is 15.9 Å². The maximum absolute atomic E-state index is 13.3. The molecule has 0 fully saturated rings. The van der Waals surface area contributed by atoms with Crippen LogP contribution in [0.25, 0.3) is 0 Å². The van der Waals surface area contributed by atoms with Gasteiger partial charge in [0.2, 0.25) is 0 Å². The third-order valence-corrected chi connectivity index (χ3v) is 3.32. The van der Waals surface area contributed by atoms with E-state index in [4.69, 9.17) is 4.74 Å². The number of hydrogen-bond donors (Lipinski definition) is 0. The molecule has 0 saturated heterocycles. The van der Waals surface area contributed by atoms with Crippen LogP contribution in [-0.4, -0.2) is 0 Å². The highest BCUT2D eigenvalue weighted by Crippen LogP contribution is 2.20. The molecule has 1 nitrogen and oxygen atoms in total. The lowest BCUT2D eigenvalue weighted by Crippen LogP contribution is -1.97. The van der Waals surface area contributed by atoms with Crippen LogP contribution in [0.4, 0.5) is 4.39 Å². The monoisotopic (exact) mass is 294 g/mol. The number of para-hydroxylation sites is 1. The van der Waals surface area contributed by atoms with Gasteiger partial charge in [0.25, 0.3) is 0 Å². The summed E-state index contributed by atoms with van der Waals surface area (Å²) in [5.74, 6) is -0.0529. The molecule has 0 N–H and O–H groups in total. The number of halogens is 2. The molecule has 0 atom stereocenters. The van der Waals surface area contributed by atoms with Crippen LogP contribution in [0.1, 0.15) is 11.1 Å². The van der Waals surface area contributed by atoms with Crippen molar-refractivity contribution in [2.45, 2.75) is 13.5 Å². The Morgan fingerprint density at radius 2 is 1.94 bits per heavy atom. The number of ether oxygens (including phenoxy) is 1. The second-order valence-electron chi connectivity index (χ2n) is 3.80. The van der Waals surface area contributed by atoms with Gasteiger partial charge in [0.05, 0.1) is 0 Å². The van der Waals surface area contributed by atoms with Crippen molar-refractivity contribution in [1.82, 2.24) is 0 Å². The molecule has 0 heterocycles. The Balaban J connectivity index is 2.08. The first-order chi connectivity index (χ1) is 8.16. The highest BCUT2D eigenvalue weighted by molar-refractivity contribution is 9.10. The molecule has 0 saturated carbocycles. The van der Waals surface area contributed by atoms with Crippen LogP contribution in [0.2, 0.25) is 0 Å². The van der Waals surface area contributed by atoms with Gasteiger partial charge in [-0.05, 0) is 36.2 Å². The Bertz CT molecular complexity index is 525. The lowest BCUT2D eigenvalue weighted by Gasteiger charge is -2.08. The Morgan fingerprint density at radius 3 is 2.65 bits per heavy atom. The standard InChI is InChI=1S/C14H12BrFO/c1-10-6-7-11(8-12(10)15)9-17-14-5-3-2-4-13(14)16/h2-8H,9H2,1H3. The zero-order chi connectivity index (χ0) is 12.3. The zero-order valence-electron chi connectivity index (χ0n) is 9.41. The summed E-state index contributed by atoms with van der Waals surface area (Å²) >= 11 is 3.46. The van der Waals surface area contributed by atoms with Gasteiger partial charge in [0.15, 0.2) is 11.6 Å². The minimum atomic E-state index is -0.335. The Labute approximate surface area is 108 Å². The van der Waals surface area contributed by atoms with Crippen LogP contribution < -0.4 is 4.74 Å². The van der Waals surface area contributed by atoms with Crippen molar-refractivity contribution >= 4 is 15.9 Å². The van der Waals surface area contributed by atoms with Gasteiger partial charge >= 0.3 is 0 Å². The molecule has 3 heteroatoms. The summed E-state index contributed by atoms with van der Waals surface area (Å²) in [4.78, 5) is 0. The van der Waals surface area contributed by atoms with Crippen LogP contribution in [0.3, 0.4) is 0 Å². The summed E-state index contributed by atoms with van der Waals surface area (Å²) in [5.41, 5.74) is 2.17. The fraction of sp³-hybridized carbons (Fsp3) is 0.143. The van der Waals surface area contributed by atoms with Gasteiger partial charge in [-0.1, -0.05) is 40.2 Å². The molecule has 2 aromatic carbocycles. The van der Waals surface area contributed by atoms with Crippen molar-refractivity contribution in [3.63, 3.8) is 0 Å². The largest absolute Gasteiger partial charge is 0.486 e. The van der Waals surface area contributed by atoms with E-state index in [0.717, 1.165) is 10.0 Å². The average Bonchev–Trinajstić information content (AvgIpc) is 2.32. The topological polar surface area (TPSA) is 9.23 Å². The van der Waals surface area contributed by atoms with Gasteiger partial charge in [-0.15, -0.1) is 0 Å². The van der Waals surface area contributed by atoms with Gasteiger partial charge in [-0.3, -0.25) is 0 Å². The molecule has 88 valence electrons. The second-order valence-corrected chi connectivity index (χ2v) is 4.66. The van der Waals surface area contributed by atoms with Crippen molar-refractivity contribution in [3.8, 4) is 5.75 Å². The van der Waals surface area contributed by atoms with Crippen molar-refractivity contribution in [1.29, 1.82) is 0 Å². The summed E-state index contributed by atoms with van der Waals surface area (Å²) in [7, 11) is 0. The number of aryl methyl sites for hydroxylation is 1. The molecule has 0 unspecified atom stereocenters. The van der Waals surface area contributed by atoms with Crippen LogP contribution in [0.15, 0.2) is 46.9 Å². The second kappa shape index (κ2) is 5.32. The molecule has 0 aliphatic rings. The van der Waals surface area contributed by atoms with Gasteiger partial charge in [0.1, 0.15) is 6.61 Å². The van der Waals surface area contributed by atoms with Crippen molar-refractivity contribution in [3.05, 3.63) is 63.9 Å². The van der Waals surface area contributed by atoms with E-state index in [1.165, 1.54) is 11.6 Å². The lowest BCUT2D eigenvalue weighted by molar-refractivity contribution is 0.290. The van der Waals surface area contributed by atoms with Gasteiger partial charge in [-0.25, -0.2) is 4.39 Å². The SMILES string of the molecule is Cc1ccc(COc2ccccc2F)cc1Br. The fourth-order valence-corrected chi connectivity index (χ4v) is 1.88. The minimum Gasteiger partial charge on any atom is -0.486 e. The predicted molar refractivity (Wildman–Crippen MR) is 69.6 cm³/mol. The molecule has 0 aliphatic carbocycles. The molecule has 0 amide bonds. The normalized spacial score (nSPS) is 10.3. The van der Waals surface area contributed by atoms with E-state index in [9.17, 15) is 4.39 Å². The van der Waals surface area contributed by atoms with Crippen molar-refractivity contribution in [2.75, 3.05) is 0 Å². The Morgan fingerprint density at radius 1 is 1.18 bits per heavy atom. The Kier molecular flexibility index (Phi) is 3.79. The first-order valence-electron chi connectivity index (χ1n) is 5.29. The van der Waals surface area contributed by atoms with Crippen molar-refractivity contribution < 1.29 is 9.13 Å².